The van der Waals surface area contributed by atoms with E-state index in [4.69, 9.17) is 0 Å². The largest absolute Gasteiger partial charge is 0.306 e. The summed E-state index contributed by atoms with van der Waals surface area (Å²) in [6, 6.07) is 38.7. The van der Waals surface area contributed by atoms with Crippen LogP contribution in [0.2, 0.25) is 0 Å². The van der Waals surface area contributed by atoms with Crippen molar-refractivity contribution in [3.05, 3.63) is 138 Å². The summed E-state index contributed by atoms with van der Waals surface area (Å²) in [4.78, 5) is 2.38. The predicted molar refractivity (Wildman–Crippen MR) is 189 cm³/mol. The van der Waals surface area contributed by atoms with Crippen LogP contribution >= 0.6 is 0 Å². The van der Waals surface area contributed by atoms with E-state index in [0.29, 0.717) is 6.04 Å². The zero-order chi connectivity index (χ0) is 31.5. The molecular formula is C40H53N3. The lowest BCUT2D eigenvalue weighted by molar-refractivity contribution is 0.212. The van der Waals surface area contributed by atoms with Gasteiger partial charge in [-0.3, -0.25) is 4.68 Å². The number of nitrogens with zero attached hydrogens (tertiary/aromatic N) is 3. The number of piperidine rings is 1. The SMILES string of the molecule is CC.CC.Cc1ccc(-c2ccc(C)cc2)cc1.Cc1cnn(C2CCN(C)CC2)c1.c1ccc(-c2ccccc2)cc1. The van der Waals surface area contributed by atoms with Crippen LogP contribution in [0.4, 0.5) is 0 Å². The molecule has 6 rings (SSSR count). The molecule has 0 aliphatic carbocycles. The molecule has 0 amide bonds. The fourth-order valence-electron chi connectivity index (χ4n) is 4.65. The third kappa shape index (κ3) is 12.4. The fraction of sp³-hybridized carbons (Fsp3) is 0.325. The Kier molecular flexibility index (Phi) is 16.4. The first-order chi connectivity index (χ1) is 21.0. The minimum atomic E-state index is 0.630. The van der Waals surface area contributed by atoms with Gasteiger partial charge in [0.2, 0.25) is 0 Å². The number of benzene rings is 4. The van der Waals surface area contributed by atoms with Gasteiger partial charge in [-0.15, -0.1) is 0 Å². The van der Waals surface area contributed by atoms with Gasteiger partial charge >= 0.3 is 0 Å². The van der Waals surface area contributed by atoms with Crippen molar-refractivity contribution in [3.8, 4) is 22.3 Å². The summed E-state index contributed by atoms with van der Waals surface area (Å²) in [6.45, 7) is 16.7. The van der Waals surface area contributed by atoms with Gasteiger partial charge in [-0.1, -0.05) is 148 Å². The van der Waals surface area contributed by atoms with Gasteiger partial charge in [0.05, 0.1) is 12.2 Å². The van der Waals surface area contributed by atoms with Crippen molar-refractivity contribution in [2.45, 2.75) is 67.3 Å². The highest BCUT2D eigenvalue weighted by molar-refractivity contribution is 5.64. The molecule has 228 valence electrons. The Hall–Kier alpha value is -3.95. The summed E-state index contributed by atoms with van der Waals surface area (Å²) in [5, 5.41) is 4.36. The molecule has 0 spiro atoms. The van der Waals surface area contributed by atoms with Crippen molar-refractivity contribution in [2.24, 2.45) is 0 Å². The molecule has 0 N–H and O–H groups in total. The Morgan fingerprint density at radius 3 is 1.23 bits per heavy atom. The maximum absolute atomic E-state index is 4.36. The molecule has 1 aliphatic rings. The molecule has 0 saturated carbocycles. The standard InChI is InChI=1S/C14H14.C12H10.C10H17N3.2C2H6/c1-11-3-7-13(8-4-11)14-9-5-12(2)6-10-14;1-3-7-11(8-4-1)12-9-5-2-6-10-12;1-9-7-11-13(8-9)10-3-5-12(2)6-4-10;2*1-2/h3-10H,1-2H3;1-10H;7-8,10H,3-6H2,1-2H3;2*1-2H3. The normalized spacial score (nSPS) is 12.6. The van der Waals surface area contributed by atoms with Crippen molar-refractivity contribution >= 4 is 0 Å². The van der Waals surface area contributed by atoms with Crippen LogP contribution in [0.15, 0.2) is 122 Å². The van der Waals surface area contributed by atoms with E-state index < -0.39 is 0 Å². The van der Waals surface area contributed by atoms with Gasteiger partial charge in [0.15, 0.2) is 0 Å². The van der Waals surface area contributed by atoms with Crippen LogP contribution in [0.5, 0.6) is 0 Å². The van der Waals surface area contributed by atoms with Crippen molar-refractivity contribution in [1.82, 2.24) is 14.7 Å². The highest BCUT2D eigenvalue weighted by Crippen LogP contribution is 2.21. The van der Waals surface area contributed by atoms with Crippen molar-refractivity contribution in [2.75, 3.05) is 20.1 Å². The van der Waals surface area contributed by atoms with E-state index in [1.54, 1.807) is 0 Å². The van der Waals surface area contributed by atoms with Crippen LogP contribution in [0.3, 0.4) is 0 Å². The summed E-state index contributed by atoms with van der Waals surface area (Å²) in [6.07, 6.45) is 6.56. The average molecular weight is 576 g/mol. The third-order valence-corrected chi connectivity index (χ3v) is 7.11. The van der Waals surface area contributed by atoms with E-state index in [0.717, 1.165) is 0 Å². The Morgan fingerprint density at radius 1 is 0.512 bits per heavy atom. The first kappa shape index (κ1) is 35.2. The molecule has 43 heavy (non-hydrogen) atoms. The fourth-order valence-corrected chi connectivity index (χ4v) is 4.65. The quantitative estimate of drug-likeness (QED) is 0.213. The van der Waals surface area contributed by atoms with Crippen molar-refractivity contribution < 1.29 is 0 Å². The van der Waals surface area contributed by atoms with Gasteiger partial charge in [0.1, 0.15) is 0 Å². The molecule has 1 saturated heterocycles. The number of rotatable bonds is 3. The van der Waals surface area contributed by atoms with Gasteiger partial charge in [-0.2, -0.15) is 5.10 Å². The highest BCUT2D eigenvalue weighted by Gasteiger charge is 2.18. The summed E-state index contributed by atoms with van der Waals surface area (Å²) in [5.74, 6) is 0. The summed E-state index contributed by atoms with van der Waals surface area (Å²) in [7, 11) is 2.19. The first-order valence-corrected chi connectivity index (χ1v) is 15.9. The summed E-state index contributed by atoms with van der Waals surface area (Å²) < 4.78 is 2.13. The topological polar surface area (TPSA) is 21.1 Å². The molecule has 2 heterocycles. The van der Waals surface area contributed by atoms with Gasteiger partial charge in [-0.25, -0.2) is 0 Å². The number of hydrogen-bond donors (Lipinski definition) is 0. The van der Waals surface area contributed by atoms with E-state index >= 15 is 0 Å². The monoisotopic (exact) mass is 575 g/mol. The Bertz CT molecular complexity index is 1280. The average Bonchev–Trinajstić information content (AvgIpc) is 3.52. The zero-order valence-electron chi connectivity index (χ0n) is 27.8. The van der Waals surface area contributed by atoms with Gasteiger partial charge in [-0.05, 0) is 81.6 Å². The molecule has 1 aromatic heterocycles. The van der Waals surface area contributed by atoms with E-state index in [1.165, 1.54) is 64.9 Å². The van der Waals surface area contributed by atoms with Crippen LogP contribution in [0.1, 0.15) is 63.3 Å². The van der Waals surface area contributed by atoms with Crippen molar-refractivity contribution in [1.29, 1.82) is 0 Å². The molecule has 0 unspecified atom stereocenters. The molecule has 5 aromatic rings. The lowest BCUT2D eigenvalue weighted by Crippen LogP contribution is -2.31. The van der Waals surface area contributed by atoms with E-state index in [-0.39, 0.29) is 0 Å². The molecule has 0 bridgehead atoms. The zero-order valence-corrected chi connectivity index (χ0v) is 27.8. The summed E-state index contributed by atoms with van der Waals surface area (Å²) >= 11 is 0. The molecular weight excluding hydrogens is 522 g/mol. The second-order valence-corrected chi connectivity index (χ2v) is 10.5. The minimum Gasteiger partial charge on any atom is -0.306 e. The smallest absolute Gasteiger partial charge is 0.0543 e. The minimum absolute atomic E-state index is 0.630. The van der Waals surface area contributed by atoms with Crippen LogP contribution in [-0.4, -0.2) is 34.8 Å². The van der Waals surface area contributed by atoms with Gasteiger partial charge < -0.3 is 4.90 Å². The lowest BCUT2D eigenvalue weighted by atomic mass is 10.0. The molecule has 4 aromatic carbocycles. The van der Waals surface area contributed by atoms with Gasteiger partial charge in [0.25, 0.3) is 0 Å². The number of hydrogen-bond acceptors (Lipinski definition) is 2. The summed E-state index contributed by atoms with van der Waals surface area (Å²) in [5.41, 5.74) is 9.00. The highest BCUT2D eigenvalue weighted by atomic mass is 15.3. The van der Waals surface area contributed by atoms with Crippen LogP contribution in [0.25, 0.3) is 22.3 Å². The third-order valence-electron chi connectivity index (χ3n) is 7.11. The second kappa shape index (κ2) is 20.0. The molecule has 0 atom stereocenters. The van der Waals surface area contributed by atoms with E-state index in [1.807, 2.05) is 46.0 Å². The number of likely N-dealkylation sites (tertiary alicyclic amines) is 1. The number of aromatic nitrogens is 2. The number of aryl methyl sites for hydroxylation is 3. The van der Waals surface area contributed by atoms with Gasteiger partial charge in [0, 0.05) is 6.20 Å². The Balaban J connectivity index is 0.000000213. The van der Waals surface area contributed by atoms with Crippen LogP contribution in [0, 0.1) is 20.8 Å². The van der Waals surface area contributed by atoms with Crippen LogP contribution in [-0.2, 0) is 0 Å². The van der Waals surface area contributed by atoms with E-state index in [9.17, 15) is 0 Å². The molecule has 3 heteroatoms. The lowest BCUT2D eigenvalue weighted by Gasteiger charge is -2.28. The molecule has 3 nitrogen and oxygen atoms in total. The maximum Gasteiger partial charge on any atom is 0.0543 e. The first-order valence-electron chi connectivity index (χ1n) is 15.9. The van der Waals surface area contributed by atoms with E-state index in [2.05, 4.69) is 146 Å². The molecule has 1 fully saturated rings. The second-order valence-electron chi connectivity index (χ2n) is 10.5. The van der Waals surface area contributed by atoms with Crippen molar-refractivity contribution in [3.63, 3.8) is 0 Å². The Morgan fingerprint density at radius 2 is 0.884 bits per heavy atom. The van der Waals surface area contributed by atoms with Crippen LogP contribution < -0.4 is 0 Å². The maximum atomic E-state index is 4.36. The molecule has 1 aliphatic heterocycles. The molecule has 0 radical (unpaired) electrons. The Labute approximate surface area is 262 Å². The predicted octanol–water partition coefficient (Wildman–Crippen LogP) is 10.8.